The lowest BCUT2D eigenvalue weighted by Crippen LogP contribution is -2.24. The lowest BCUT2D eigenvalue weighted by Gasteiger charge is -2.15. The molecule has 0 radical (unpaired) electrons. The average molecular weight is 421 g/mol. The number of ether oxygens (including phenoxy) is 1. The summed E-state index contributed by atoms with van der Waals surface area (Å²) in [7, 11) is 0. The van der Waals surface area contributed by atoms with Crippen molar-refractivity contribution >= 4 is 46.7 Å². The highest BCUT2D eigenvalue weighted by molar-refractivity contribution is 6.35. The first-order valence-electron chi connectivity index (χ1n) is 8.71. The van der Waals surface area contributed by atoms with Crippen LogP contribution in [-0.2, 0) is 20.9 Å². The van der Waals surface area contributed by atoms with Gasteiger partial charge >= 0.3 is 5.97 Å². The van der Waals surface area contributed by atoms with Crippen LogP contribution in [0.15, 0.2) is 42.5 Å². The number of esters is 1. The summed E-state index contributed by atoms with van der Waals surface area (Å²) < 4.78 is 5.07. The molecule has 0 atom stereocenters. The Labute approximate surface area is 172 Å². The van der Waals surface area contributed by atoms with Crippen molar-refractivity contribution in [2.24, 2.45) is 0 Å². The Hall–Kier alpha value is -2.57. The quantitative estimate of drug-likeness (QED) is 0.718. The van der Waals surface area contributed by atoms with E-state index in [1.165, 1.54) is 6.07 Å². The Morgan fingerprint density at radius 2 is 1.96 bits per heavy atom. The molecule has 1 saturated heterocycles. The zero-order valence-corrected chi connectivity index (χ0v) is 16.4. The summed E-state index contributed by atoms with van der Waals surface area (Å²) in [5.74, 6) is -1.04. The second-order valence-electron chi connectivity index (χ2n) is 6.37. The van der Waals surface area contributed by atoms with Crippen LogP contribution in [0, 0.1) is 0 Å². The van der Waals surface area contributed by atoms with Crippen molar-refractivity contribution in [2.45, 2.75) is 19.4 Å². The van der Waals surface area contributed by atoms with Gasteiger partial charge in [-0.3, -0.25) is 9.59 Å². The maximum atomic E-state index is 12.2. The fourth-order valence-electron chi connectivity index (χ4n) is 2.88. The molecule has 1 aliphatic heterocycles. The first-order valence-corrected chi connectivity index (χ1v) is 9.47. The van der Waals surface area contributed by atoms with Gasteiger partial charge in [-0.2, -0.15) is 0 Å². The number of halogens is 2. The maximum Gasteiger partial charge on any atom is 0.338 e. The largest absolute Gasteiger partial charge is 0.452 e. The molecule has 1 aliphatic rings. The summed E-state index contributed by atoms with van der Waals surface area (Å²) in [5.41, 5.74) is 1.49. The minimum Gasteiger partial charge on any atom is -0.452 e. The number of rotatable bonds is 6. The summed E-state index contributed by atoms with van der Waals surface area (Å²) in [4.78, 5) is 37.8. The Morgan fingerprint density at radius 3 is 2.71 bits per heavy atom. The number of anilines is 1. The van der Waals surface area contributed by atoms with Crippen LogP contribution in [-0.4, -0.2) is 35.8 Å². The predicted molar refractivity (Wildman–Crippen MR) is 106 cm³/mol. The van der Waals surface area contributed by atoms with E-state index in [1.54, 1.807) is 35.2 Å². The second-order valence-corrected chi connectivity index (χ2v) is 7.21. The van der Waals surface area contributed by atoms with E-state index >= 15 is 0 Å². The fourth-order valence-corrected chi connectivity index (χ4v) is 3.22. The first kappa shape index (κ1) is 20.2. The van der Waals surface area contributed by atoms with Gasteiger partial charge in [-0.1, -0.05) is 35.3 Å². The van der Waals surface area contributed by atoms with Gasteiger partial charge in [0.05, 0.1) is 16.3 Å². The van der Waals surface area contributed by atoms with Crippen molar-refractivity contribution in [3.05, 3.63) is 63.6 Å². The topological polar surface area (TPSA) is 75.7 Å². The number of hydrogen-bond donors (Lipinski definition) is 1. The van der Waals surface area contributed by atoms with Gasteiger partial charge in [0, 0.05) is 24.5 Å². The molecule has 2 aromatic carbocycles. The molecule has 28 heavy (non-hydrogen) atoms. The second kappa shape index (κ2) is 9.08. The van der Waals surface area contributed by atoms with Crippen LogP contribution in [0.3, 0.4) is 0 Å². The highest BCUT2D eigenvalue weighted by Crippen LogP contribution is 2.25. The van der Waals surface area contributed by atoms with Gasteiger partial charge in [0.15, 0.2) is 6.61 Å². The van der Waals surface area contributed by atoms with Crippen LogP contribution < -0.4 is 5.32 Å². The third kappa shape index (κ3) is 5.24. The SMILES string of the molecule is O=C(COC(=O)c1cccc(CN2CCCC2=O)c1)Nc1cc(Cl)ccc1Cl. The number of carbonyl (C=O) groups excluding carboxylic acids is 3. The minimum absolute atomic E-state index is 0.115. The van der Waals surface area contributed by atoms with Gasteiger partial charge in [0.2, 0.25) is 5.91 Å². The highest BCUT2D eigenvalue weighted by Gasteiger charge is 2.20. The third-order valence-corrected chi connectivity index (χ3v) is 4.81. The van der Waals surface area contributed by atoms with E-state index in [-0.39, 0.29) is 5.91 Å². The van der Waals surface area contributed by atoms with E-state index in [9.17, 15) is 14.4 Å². The number of amides is 2. The molecule has 146 valence electrons. The van der Waals surface area contributed by atoms with Crippen LogP contribution in [0.1, 0.15) is 28.8 Å². The number of hydrogen-bond acceptors (Lipinski definition) is 4. The lowest BCUT2D eigenvalue weighted by atomic mass is 10.1. The van der Waals surface area contributed by atoms with Gasteiger partial charge in [0.25, 0.3) is 5.91 Å². The van der Waals surface area contributed by atoms with Crippen molar-refractivity contribution in [1.29, 1.82) is 0 Å². The molecule has 1 fully saturated rings. The molecule has 2 aromatic rings. The van der Waals surface area contributed by atoms with E-state index in [2.05, 4.69) is 5.32 Å². The standard InChI is InChI=1S/C20H18Cl2N2O4/c21-15-6-7-16(22)17(10-15)23-18(25)12-28-20(27)14-4-1-3-13(9-14)11-24-8-2-5-19(24)26/h1,3-4,6-7,9-10H,2,5,8,11-12H2,(H,23,25). The molecule has 1 N–H and O–H groups in total. The molecule has 0 aromatic heterocycles. The number of benzene rings is 2. The van der Waals surface area contributed by atoms with Crippen LogP contribution >= 0.6 is 23.2 Å². The first-order chi connectivity index (χ1) is 13.4. The van der Waals surface area contributed by atoms with Crippen molar-refractivity contribution < 1.29 is 19.1 Å². The number of likely N-dealkylation sites (tertiary alicyclic amines) is 1. The molecule has 8 heteroatoms. The Kier molecular flexibility index (Phi) is 6.54. The lowest BCUT2D eigenvalue weighted by molar-refractivity contribution is -0.128. The number of carbonyl (C=O) groups is 3. The van der Waals surface area contributed by atoms with Crippen LogP contribution in [0.4, 0.5) is 5.69 Å². The molecule has 0 unspecified atom stereocenters. The molecule has 0 bridgehead atoms. The molecular weight excluding hydrogens is 403 g/mol. The molecule has 0 aliphatic carbocycles. The zero-order valence-electron chi connectivity index (χ0n) is 14.9. The molecule has 6 nitrogen and oxygen atoms in total. The Balaban J connectivity index is 1.55. The average Bonchev–Trinajstić information content (AvgIpc) is 3.07. The molecular formula is C20H18Cl2N2O4. The van der Waals surface area contributed by atoms with Gasteiger partial charge in [-0.05, 0) is 42.3 Å². The monoisotopic (exact) mass is 420 g/mol. The van der Waals surface area contributed by atoms with Gasteiger partial charge in [0.1, 0.15) is 0 Å². The van der Waals surface area contributed by atoms with Crippen molar-refractivity contribution in [3.8, 4) is 0 Å². The summed E-state index contributed by atoms with van der Waals surface area (Å²) in [6.07, 6.45) is 1.42. The van der Waals surface area contributed by atoms with Crippen LogP contribution in [0.25, 0.3) is 0 Å². The van der Waals surface area contributed by atoms with E-state index in [0.717, 1.165) is 18.5 Å². The van der Waals surface area contributed by atoms with E-state index in [0.29, 0.717) is 34.3 Å². The summed E-state index contributed by atoms with van der Waals surface area (Å²) in [6.45, 7) is 0.712. The normalized spacial score (nSPS) is 13.5. The smallest absolute Gasteiger partial charge is 0.338 e. The highest BCUT2D eigenvalue weighted by atomic mass is 35.5. The molecule has 0 saturated carbocycles. The van der Waals surface area contributed by atoms with E-state index in [1.807, 2.05) is 6.07 Å². The number of nitrogens with one attached hydrogen (secondary N) is 1. The molecule has 3 rings (SSSR count). The maximum absolute atomic E-state index is 12.2. The van der Waals surface area contributed by atoms with Crippen LogP contribution in [0.5, 0.6) is 0 Å². The van der Waals surface area contributed by atoms with Crippen LogP contribution in [0.2, 0.25) is 10.0 Å². The van der Waals surface area contributed by atoms with Crippen molar-refractivity contribution in [1.82, 2.24) is 4.90 Å². The Bertz CT molecular complexity index is 917. The van der Waals surface area contributed by atoms with Gasteiger partial charge < -0.3 is 15.0 Å². The fraction of sp³-hybridized carbons (Fsp3) is 0.250. The van der Waals surface area contributed by atoms with Gasteiger partial charge in [-0.15, -0.1) is 0 Å². The Morgan fingerprint density at radius 1 is 1.14 bits per heavy atom. The van der Waals surface area contributed by atoms with E-state index < -0.39 is 18.5 Å². The van der Waals surface area contributed by atoms with E-state index in [4.69, 9.17) is 27.9 Å². The minimum atomic E-state index is -0.623. The zero-order chi connectivity index (χ0) is 20.1. The van der Waals surface area contributed by atoms with Crippen molar-refractivity contribution in [2.75, 3.05) is 18.5 Å². The number of nitrogens with zero attached hydrogens (tertiary/aromatic N) is 1. The molecule has 2 amide bonds. The van der Waals surface area contributed by atoms with Crippen molar-refractivity contribution in [3.63, 3.8) is 0 Å². The summed E-state index contributed by atoms with van der Waals surface area (Å²) in [6, 6.07) is 11.5. The van der Waals surface area contributed by atoms with Gasteiger partial charge in [-0.25, -0.2) is 4.79 Å². The summed E-state index contributed by atoms with van der Waals surface area (Å²) in [5, 5.41) is 3.29. The molecule has 0 spiro atoms. The third-order valence-electron chi connectivity index (χ3n) is 4.24. The summed E-state index contributed by atoms with van der Waals surface area (Å²) >= 11 is 11.9. The predicted octanol–water partition coefficient (Wildman–Crippen LogP) is 3.91. The molecule has 1 heterocycles.